The number of hydrogen-bond acceptors (Lipinski definition) is 8. The number of fused-ring (bicyclic) bond motifs is 1. The molecule has 1 amide bonds. The van der Waals surface area contributed by atoms with Crippen LogP contribution in [0.3, 0.4) is 0 Å². The van der Waals surface area contributed by atoms with Crippen LogP contribution in [0.15, 0.2) is 42.6 Å². The molecule has 0 unspecified atom stereocenters. The summed E-state index contributed by atoms with van der Waals surface area (Å²) < 4.78 is 11.3. The van der Waals surface area contributed by atoms with Crippen LogP contribution in [0.2, 0.25) is 0 Å². The third kappa shape index (κ3) is 4.66. The number of nitrogens with two attached hydrogens (primary N) is 2. The van der Waals surface area contributed by atoms with E-state index in [1.165, 1.54) is 0 Å². The van der Waals surface area contributed by atoms with Crippen LogP contribution in [0.25, 0.3) is 33.4 Å². The van der Waals surface area contributed by atoms with Gasteiger partial charge in [-0.3, -0.25) is 14.8 Å². The second kappa shape index (κ2) is 9.69. The smallest absolute Gasteiger partial charge is 0.269 e. The van der Waals surface area contributed by atoms with E-state index in [0.29, 0.717) is 29.4 Å². The Bertz CT molecular complexity index is 1380. The van der Waals surface area contributed by atoms with Gasteiger partial charge in [-0.2, -0.15) is 5.10 Å². The zero-order valence-corrected chi connectivity index (χ0v) is 19.5. The molecule has 0 radical (unpaired) electrons. The Labute approximate surface area is 202 Å². The number of morpholine rings is 1. The first kappa shape index (κ1) is 22.8. The summed E-state index contributed by atoms with van der Waals surface area (Å²) in [6, 6.07) is 11.2. The van der Waals surface area contributed by atoms with Gasteiger partial charge < -0.3 is 20.9 Å². The van der Waals surface area contributed by atoms with Gasteiger partial charge in [0, 0.05) is 36.7 Å². The molecule has 0 bridgehead atoms. The maximum absolute atomic E-state index is 12.2. The van der Waals surface area contributed by atoms with Crippen LogP contribution >= 0.6 is 0 Å². The normalized spacial score (nSPS) is 14.3. The number of carbonyl (C=O) groups excluding carboxylic acids is 1. The first-order chi connectivity index (χ1) is 17.0. The molecule has 1 aliphatic heterocycles. The number of pyridine rings is 2. The van der Waals surface area contributed by atoms with Crippen LogP contribution in [0.5, 0.6) is 5.88 Å². The van der Waals surface area contributed by atoms with Crippen LogP contribution < -0.4 is 16.2 Å². The average molecular weight is 474 g/mol. The fourth-order valence-electron chi connectivity index (χ4n) is 4.31. The van der Waals surface area contributed by atoms with Crippen LogP contribution in [-0.4, -0.2) is 70.4 Å². The zero-order valence-electron chi connectivity index (χ0n) is 19.5. The molecule has 1 aliphatic rings. The minimum Gasteiger partial charge on any atom is -0.476 e. The molecule has 1 aromatic carbocycles. The number of benzene rings is 1. The van der Waals surface area contributed by atoms with Gasteiger partial charge in [-0.1, -0.05) is 12.1 Å². The number of ether oxygens (including phenoxy) is 2. The van der Waals surface area contributed by atoms with Crippen LogP contribution in [0.4, 0.5) is 5.69 Å². The van der Waals surface area contributed by atoms with E-state index in [1.54, 1.807) is 12.3 Å². The van der Waals surface area contributed by atoms with E-state index in [9.17, 15) is 4.79 Å². The average Bonchev–Trinajstić information content (AvgIpc) is 3.34. The van der Waals surface area contributed by atoms with Gasteiger partial charge in [-0.15, -0.1) is 0 Å². The second-order valence-electron chi connectivity index (χ2n) is 8.43. The minimum absolute atomic E-state index is 0.00200. The quantitative estimate of drug-likeness (QED) is 0.371. The fraction of sp³-hybridized carbons (Fsp3) is 0.280. The monoisotopic (exact) mass is 473 g/mol. The number of nitrogens with one attached hydrogen (secondary N) is 1. The van der Waals surface area contributed by atoms with E-state index >= 15 is 0 Å². The molecule has 0 saturated carbocycles. The molecule has 180 valence electrons. The number of rotatable bonds is 7. The summed E-state index contributed by atoms with van der Waals surface area (Å²) in [4.78, 5) is 23.6. The van der Waals surface area contributed by atoms with Gasteiger partial charge >= 0.3 is 0 Å². The van der Waals surface area contributed by atoms with Gasteiger partial charge in [0.05, 0.1) is 42.0 Å². The van der Waals surface area contributed by atoms with Crippen molar-refractivity contribution in [3.05, 3.63) is 53.9 Å². The molecule has 5 rings (SSSR count). The van der Waals surface area contributed by atoms with Crippen LogP contribution in [0, 0.1) is 6.92 Å². The summed E-state index contributed by atoms with van der Waals surface area (Å²) in [7, 11) is 0. The molecule has 0 aliphatic carbocycles. The molecule has 1 fully saturated rings. The van der Waals surface area contributed by atoms with Gasteiger partial charge in [0.25, 0.3) is 5.91 Å². The van der Waals surface area contributed by atoms with Crippen molar-refractivity contribution < 1.29 is 14.3 Å². The predicted octanol–water partition coefficient (Wildman–Crippen LogP) is 2.39. The summed E-state index contributed by atoms with van der Waals surface area (Å²) in [6.45, 7) is 6.55. The Morgan fingerprint density at radius 1 is 1.17 bits per heavy atom. The summed E-state index contributed by atoms with van der Waals surface area (Å²) in [5.41, 5.74) is 16.6. The van der Waals surface area contributed by atoms with Gasteiger partial charge in [-0.05, 0) is 36.2 Å². The summed E-state index contributed by atoms with van der Waals surface area (Å²) in [6.07, 6.45) is 1.74. The number of primary amides is 1. The Kier molecular flexibility index (Phi) is 6.30. The number of aryl methyl sites for hydroxylation is 1. The minimum atomic E-state index is -0.708. The third-order valence-electron chi connectivity index (χ3n) is 6.14. The van der Waals surface area contributed by atoms with Crippen LogP contribution in [-0.2, 0) is 4.74 Å². The number of nitrogen functional groups attached to an aromatic ring is 1. The number of nitrogens with zero attached hydrogens (tertiary/aromatic N) is 4. The second-order valence-corrected chi connectivity index (χ2v) is 8.43. The van der Waals surface area contributed by atoms with Crippen molar-refractivity contribution in [3.8, 4) is 28.4 Å². The van der Waals surface area contributed by atoms with Crippen molar-refractivity contribution in [2.75, 3.05) is 45.2 Å². The van der Waals surface area contributed by atoms with Crippen molar-refractivity contribution in [3.63, 3.8) is 0 Å². The first-order valence-electron chi connectivity index (χ1n) is 11.4. The maximum atomic E-state index is 12.2. The lowest BCUT2D eigenvalue weighted by Gasteiger charge is -2.26. The largest absolute Gasteiger partial charge is 0.476 e. The van der Waals surface area contributed by atoms with Gasteiger partial charge in [0.2, 0.25) is 5.88 Å². The van der Waals surface area contributed by atoms with E-state index in [1.807, 2.05) is 37.3 Å². The van der Waals surface area contributed by atoms with Gasteiger partial charge in [0.15, 0.2) is 5.69 Å². The summed E-state index contributed by atoms with van der Waals surface area (Å²) in [5.74, 6) is -0.231. The maximum Gasteiger partial charge on any atom is 0.269 e. The lowest BCUT2D eigenvalue weighted by Crippen LogP contribution is -2.38. The SMILES string of the molecule is Cc1ccc2[nH]ncc2c1-c1cc(-c2cccc(OCCN3CCOCC3)n2)nc(C(N)=O)c1N. The third-order valence-corrected chi connectivity index (χ3v) is 6.14. The molecule has 4 aromatic rings. The molecule has 0 spiro atoms. The standard InChI is InChI=1S/C25H27N7O3/c1-15-5-6-18-17(14-28-31-18)22(15)16-13-20(30-24(23(16)26)25(27)33)19-3-2-4-21(29-19)35-12-9-32-7-10-34-11-8-32/h2-6,13-14H,7-12,26H2,1H3,(H2,27,33)(H,28,31). The highest BCUT2D eigenvalue weighted by molar-refractivity contribution is 6.05. The topological polar surface area (TPSA) is 145 Å². The lowest BCUT2D eigenvalue weighted by molar-refractivity contribution is 0.0320. The molecular weight excluding hydrogens is 446 g/mol. The number of hydrogen-bond donors (Lipinski definition) is 3. The summed E-state index contributed by atoms with van der Waals surface area (Å²) >= 11 is 0. The highest BCUT2D eigenvalue weighted by atomic mass is 16.5. The lowest BCUT2D eigenvalue weighted by atomic mass is 9.94. The van der Waals surface area contributed by atoms with E-state index in [0.717, 1.165) is 54.9 Å². The molecular formula is C25H27N7O3. The van der Waals surface area contributed by atoms with E-state index < -0.39 is 5.91 Å². The number of anilines is 1. The molecule has 4 heterocycles. The fourth-order valence-corrected chi connectivity index (χ4v) is 4.31. The van der Waals surface area contributed by atoms with E-state index in [2.05, 4.69) is 25.1 Å². The van der Waals surface area contributed by atoms with Gasteiger partial charge in [-0.25, -0.2) is 9.97 Å². The van der Waals surface area contributed by atoms with Gasteiger partial charge in [0.1, 0.15) is 6.61 Å². The Morgan fingerprint density at radius 2 is 2.00 bits per heavy atom. The number of H-pyrrole nitrogens is 1. The number of amides is 1. The highest BCUT2D eigenvalue weighted by Gasteiger charge is 2.20. The molecule has 3 aromatic heterocycles. The summed E-state index contributed by atoms with van der Waals surface area (Å²) in [5, 5.41) is 8.02. The molecule has 35 heavy (non-hydrogen) atoms. The van der Waals surface area contributed by atoms with Crippen molar-refractivity contribution in [1.29, 1.82) is 0 Å². The van der Waals surface area contributed by atoms with Crippen molar-refractivity contribution in [2.24, 2.45) is 5.73 Å². The van der Waals surface area contributed by atoms with E-state index in [-0.39, 0.29) is 11.4 Å². The van der Waals surface area contributed by atoms with Crippen molar-refractivity contribution >= 4 is 22.5 Å². The molecule has 10 heteroatoms. The van der Waals surface area contributed by atoms with Crippen molar-refractivity contribution in [2.45, 2.75) is 6.92 Å². The molecule has 5 N–H and O–H groups in total. The number of aromatic amines is 1. The molecule has 1 saturated heterocycles. The van der Waals surface area contributed by atoms with Crippen molar-refractivity contribution in [1.82, 2.24) is 25.1 Å². The Morgan fingerprint density at radius 3 is 2.80 bits per heavy atom. The predicted molar refractivity (Wildman–Crippen MR) is 133 cm³/mol. The Balaban J connectivity index is 1.50. The first-order valence-corrected chi connectivity index (χ1v) is 11.4. The highest BCUT2D eigenvalue weighted by Crippen LogP contribution is 2.37. The van der Waals surface area contributed by atoms with Crippen LogP contribution in [0.1, 0.15) is 16.1 Å². The molecule has 10 nitrogen and oxygen atoms in total. The van der Waals surface area contributed by atoms with E-state index in [4.69, 9.17) is 20.9 Å². The number of aromatic nitrogens is 4. The number of carbonyl (C=O) groups is 1. The Hall–Kier alpha value is -4.02. The zero-order chi connectivity index (χ0) is 24.4. The molecule has 0 atom stereocenters.